The zero-order chi connectivity index (χ0) is 20.4. The van der Waals surface area contributed by atoms with Crippen LogP contribution in [0.5, 0.6) is 0 Å². The molecule has 10 heteroatoms. The fraction of sp³-hybridized carbons (Fsp3) is 0.294. The number of hydrogen-bond donors (Lipinski definition) is 1. The molecule has 144 valence electrons. The van der Waals surface area contributed by atoms with E-state index in [2.05, 4.69) is 9.97 Å². The van der Waals surface area contributed by atoms with Crippen LogP contribution in [-0.2, 0) is 10.9 Å². The van der Waals surface area contributed by atoms with E-state index in [1.807, 2.05) is 0 Å². The van der Waals surface area contributed by atoms with Crippen LogP contribution in [0.4, 0.5) is 29.6 Å². The van der Waals surface area contributed by atoms with E-state index in [4.69, 9.17) is 9.84 Å². The molecule has 0 aliphatic heterocycles. The summed E-state index contributed by atoms with van der Waals surface area (Å²) in [5.74, 6) is -2.50. The summed E-state index contributed by atoms with van der Waals surface area (Å²) in [5.41, 5.74) is -3.56. The molecule has 1 aromatic heterocycles. The summed E-state index contributed by atoms with van der Waals surface area (Å²) in [7, 11) is 0. The number of hydrogen-bond acceptors (Lipinski definition) is 5. The second-order valence-corrected chi connectivity index (χ2v) is 6.39. The largest absolute Gasteiger partial charge is 0.478 e. The highest BCUT2D eigenvalue weighted by molar-refractivity contribution is 5.95. The third-order valence-corrected chi connectivity index (χ3v) is 3.07. The van der Waals surface area contributed by atoms with E-state index in [1.165, 1.54) is 12.1 Å². The van der Waals surface area contributed by atoms with Gasteiger partial charge >= 0.3 is 18.2 Å². The number of rotatable bonds is 3. The maximum absolute atomic E-state index is 13.2. The van der Waals surface area contributed by atoms with Gasteiger partial charge in [0.2, 0.25) is 5.95 Å². The minimum absolute atomic E-state index is 0.156. The molecule has 0 saturated heterocycles. The zero-order valence-corrected chi connectivity index (χ0v) is 14.6. The first-order chi connectivity index (χ1) is 12.4. The summed E-state index contributed by atoms with van der Waals surface area (Å²) in [5, 5.41) is 8.95. The Morgan fingerprint density at radius 2 is 1.70 bits per heavy atom. The van der Waals surface area contributed by atoms with E-state index in [0.29, 0.717) is 6.20 Å². The molecule has 0 aliphatic carbocycles. The van der Waals surface area contributed by atoms with Crippen LogP contribution < -0.4 is 4.90 Å². The number of alkyl halides is 3. The third kappa shape index (κ3) is 4.93. The molecule has 1 amide bonds. The molecule has 0 aliphatic rings. The van der Waals surface area contributed by atoms with Crippen LogP contribution in [0, 0.1) is 0 Å². The summed E-state index contributed by atoms with van der Waals surface area (Å²) in [6.45, 7) is 4.76. The fourth-order valence-corrected chi connectivity index (χ4v) is 2.04. The average Bonchev–Trinajstić information content (AvgIpc) is 2.53. The lowest BCUT2D eigenvalue weighted by molar-refractivity contribution is -0.141. The standard InChI is InChI=1S/C17H16F3N3O4/c1-16(2,3)27-15(26)23(10-7-5-4-6-8-10)14-21-9-11(13(24)25)12(22-14)17(18,19)20/h4-9H,1-3H3,(H,24,25). The summed E-state index contributed by atoms with van der Waals surface area (Å²) >= 11 is 0. The Balaban J connectivity index is 2.63. The van der Waals surface area contributed by atoms with Gasteiger partial charge in [0, 0.05) is 6.20 Å². The van der Waals surface area contributed by atoms with Crippen LogP contribution >= 0.6 is 0 Å². The van der Waals surface area contributed by atoms with Gasteiger partial charge in [-0.1, -0.05) is 18.2 Å². The lowest BCUT2D eigenvalue weighted by atomic mass is 10.2. The van der Waals surface area contributed by atoms with Crippen molar-refractivity contribution in [1.82, 2.24) is 9.97 Å². The molecule has 2 aromatic rings. The van der Waals surface area contributed by atoms with E-state index in [-0.39, 0.29) is 5.69 Å². The number of carbonyl (C=O) groups is 2. The number of para-hydroxylation sites is 1. The number of carbonyl (C=O) groups excluding carboxylic acids is 1. The molecule has 1 aromatic carbocycles. The van der Waals surface area contributed by atoms with E-state index < -0.39 is 41.0 Å². The van der Waals surface area contributed by atoms with Gasteiger partial charge in [0.15, 0.2) is 5.69 Å². The molecule has 0 radical (unpaired) electrons. The third-order valence-electron chi connectivity index (χ3n) is 3.07. The number of benzene rings is 1. The lowest BCUT2D eigenvalue weighted by Gasteiger charge is -2.26. The van der Waals surface area contributed by atoms with Crippen molar-refractivity contribution in [2.45, 2.75) is 32.5 Å². The van der Waals surface area contributed by atoms with Gasteiger partial charge in [-0.3, -0.25) is 0 Å². The minimum Gasteiger partial charge on any atom is -0.478 e. The number of halogens is 3. The van der Waals surface area contributed by atoms with Crippen molar-refractivity contribution in [2.75, 3.05) is 4.90 Å². The zero-order valence-electron chi connectivity index (χ0n) is 14.6. The molecule has 27 heavy (non-hydrogen) atoms. The Kier molecular flexibility index (Phi) is 5.38. The first kappa shape index (κ1) is 20.1. The Labute approximate surface area is 152 Å². The van der Waals surface area contributed by atoms with Crippen LogP contribution in [0.2, 0.25) is 0 Å². The van der Waals surface area contributed by atoms with Gasteiger partial charge in [0.05, 0.1) is 5.69 Å². The second kappa shape index (κ2) is 7.22. The topological polar surface area (TPSA) is 92.6 Å². The smallest absolute Gasteiger partial charge is 0.434 e. The summed E-state index contributed by atoms with van der Waals surface area (Å²) in [4.78, 5) is 31.3. The van der Waals surface area contributed by atoms with Crippen molar-refractivity contribution in [2.24, 2.45) is 0 Å². The van der Waals surface area contributed by atoms with E-state index in [1.54, 1.807) is 39.0 Å². The van der Waals surface area contributed by atoms with E-state index in [0.717, 1.165) is 4.90 Å². The second-order valence-electron chi connectivity index (χ2n) is 6.39. The van der Waals surface area contributed by atoms with Crippen molar-refractivity contribution in [3.63, 3.8) is 0 Å². The highest BCUT2D eigenvalue weighted by Gasteiger charge is 2.39. The highest BCUT2D eigenvalue weighted by atomic mass is 19.4. The van der Waals surface area contributed by atoms with Crippen molar-refractivity contribution < 1.29 is 32.6 Å². The molecule has 1 heterocycles. The maximum Gasteiger partial charge on any atom is 0.434 e. The molecule has 0 spiro atoms. The molecule has 0 saturated carbocycles. The van der Waals surface area contributed by atoms with Crippen LogP contribution in [0.25, 0.3) is 0 Å². The number of amides is 1. The van der Waals surface area contributed by atoms with Gasteiger partial charge in [-0.2, -0.15) is 13.2 Å². The van der Waals surface area contributed by atoms with Crippen LogP contribution in [0.3, 0.4) is 0 Å². The van der Waals surface area contributed by atoms with Crippen LogP contribution in [-0.4, -0.2) is 32.7 Å². The van der Waals surface area contributed by atoms with Crippen molar-refractivity contribution >= 4 is 23.7 Å². The summed E-state index contributed by atoms with van der Waals surface area (Å²) < 4.78 is 44.9. The van der Waals surface area contributed by atoms with Gasteiger partial charge in [0.25, 0.3) is 0 Å². The average molecular weight is 383 g/mol. The van der Waals surface area contributed by atoms with Crippen LogP contribution in [0.15, 0.2) is 36.5 Å². The lowest BCUT2D eigenvalue weighted by Crippen LogP contribution is -2.35. The van der Waals surface area contributed by atoms with E-state index >= 15 is 0 Å². The maximum atomic E-state index is 13.2. The number of nitrogens with zero attached hydrogens (tertiary/aromatic N) is 3. The van der Waals surface area contributed by atoms with Gasteiger partial charge in [-0.15, -0.1) is 0 Å². The Morgan fingerprint density at radius 1 is 1.11 bits per heavy atom. The molecule has 1 N–H and O–H groups in total. The monoisotopic (exact) mass is 383 g/mol. The van der Waals surface area contributed by atoms with Gasteiger partial charge in [-0.25, -0.2) is 24.5 Å². The predicted octanol–water partition coefficient (Wildman–Crippen LogP) is 4.27. The molecule has 7 nitrogen and oxygen atoms in total. The van der Waals surface area contributed by atoms with Gasteiger partial charge < -0.3 is 9.84 Å². The molecule has 0 unspecified atom stereocenters. The number of carboxylic acids is 1. The first-order valence-electron chi connectivity index (χ1n) is 7.66. The number of ether oxygens (including phenoxy) is 1. The molecule has 0 bridgehead atoms. The quantitative estimate of drug-likeness (QED) is 0.851. The number of anilines is 2. The molecular weight excluding hydrogens is 367 g/mol. The molecule has 2 rings (SSSR count). The molecule has 0 fully saturated rings. The van der Waals surface area contributed by atoms with Crippen LogP contribution in [0.1, 0.15) is 36.8 Å². The number of carboxylic acid groups (broad SMARTS) is 1. The van der Waals surface area contributed by atoms with Gasteiger partial charge in [0.1, 0.15) is 11.2 Å². The van der Waals surface area contributed by atoms with Gasteiger partial charge in [-0.05, 0) is 32.9 Å². The molecule has 0 atom stereocenters. The fourth-order valence-electron chi connectivity index (χ4n) is 2.04. The Bertz CT molecular complexity index is 849. The number of aromatic carboxylic acids is 1. The normalized spacial score (nSPS) is 11.8. The van der Waals surface area contributed by atoms with Crippen molar-refractivity contribution in [3.8, 4) is 0 Å². The summed E-state index contributed by atoms with van der Waals surface area (Å²) in [6.07, 6.45) is -5.56. The SMILES string of the molecule is CC(C)(C)OC(=O)N(c1ccccc1)c1ncc(C(=O)O)c(C(F)(F)F)n1. The van der Waals surface area contributed by atoms with E-state index in [9.17, 15) is 22.8 Å². The minimum atomic E-state index is -5.05. The molecular formula is C17H16F3N3O4. The first-order valence-corrected chi connectivity index (χ1v) is 7.66. The predicted molar refractivity (Wildman–Crippen MR) is 88.8 cm³/mol. The van der Waals surface area contributed by atoms with Crippen molar-refractivity contribution in [3.05, 3.63) is 47.8 Å². The number of aromatic nitrogens is 2. The Morgan fingerprint density at radius 3 is 2.19 bits per heavy atom. The highest BCUT2D eigenvalue weighted by Crippen LogP contribution is 2.33. The summed E-state index contributed by atoms with van der Waals surface area (Å²) in [6, 6.07) is 7.66. The Hall–Kier alpha value is -3.17. The van der Waals surface area contributed by atoms with Crippen molar-refractivity contribution in [1.29, 1.82) is 0 Å².